The summed E-state index contributed by atoms with van der Waals surface area (Å²) >= 11 is 0. The first kappa shape index (κ1) is 13.6. The fourth-order valence-corrected chi connectivity index (χ4v) is 3.96. The Morgan fingerprint density at radius 1 is 0.875 bits per heavy atom. The molecule has 2 aromatic carbocycles. The molecule has 118 valence electrons. The van der Waals surface area contributed by atoms with Gasteiger partial charge in [0.15, 0.2) is 0 Å². The van der Waals surface area contributed by atoms with Crippen LogP contribution in [0.15, 0.2) is 56.1 Å². The lowest BCUT2D eigenvalue weighted by atomic mass is 9.99. The summed E-state index contributed by atoms with van der Waals surface area (Å²) in [4.78, 5) is 12.2. The van der Waals surface area contributed by atoms with Gasteiger partial charge in [-0.25, -0.2) is 4.79 Å². The van der Waals surface area contributed by atoms with Crippen molar-refractivity contribution in [1.29, 1.82) is 0 Å². The molecule has 3 nitrogen and oxygen atoms in total. The van der Waals surface area contributed by atoms with E-state index in [1.807, 2.05) is 31.2 Å². The highest BCUT2D eigenvalue weighted by atomic mass is 16.4. The number of furan rings is 1. The van der Waals surface area contributed by atoms with E-state index in [1.165, 1.54) is 0 Å². The van der Waals surface area contributed by atoms with Gasteiger partial charge in [0, 0.05) is 28.0 Å². The highest BCUT2D eigenvalue weighted by Gasteiger charge is 2.22. The maximum Gasteiger partial charge on any atom is 0.339 e. The molecule has 1 aliphatic carbocycles. The second-order valence-corrected chi connectivity index (χ2v) is 6.44. The summed E-state index contributed by atoms with van der Waals surface area (Å²) in [5, 5.41) is 2.13. The molecular weight excluding hydrogens is 300 g/mol. The third-order valence-electron chi connectivity index (χ3n) is 5.02. The summed E-state index contributed by atoms with van der Waals surface area (Å²) in [6, 6.07) is 14.3. The maximum atomic E-state index is 12.2. The van der Waals surface area contributed by atoms with E-state index < -0.39 is 0 Å². The van der Waals surface area contributed by atoms with Gasteiger partial charge >= 0.3 is 5.63 Å². The summed E-state index contributed by atoms with van der Waals surface area (Å²) in [6.07, 6.45) is 2.79. The Kier molecular flexibility index (Phi) is 2.75. The number of aryl methyl sites for hydroxylation is 2. The quantitative estimate of drug-likeness (QED) is 0.464. The summed E-state index contributed by atoms with van der Waals surface area (Å²) in [6.45, 7) is 1.98. The SMILES string of the molecule is Cc1oc2cc3oc(=O)c4c(c3cc2c1-c1ccccc1)CCC4. The van der Waals surface area contributed by atoms with Crippen molar-refractivity contribution in [2.75, 3.05) is 0 Å². The van der Waals surface area contributed by atoms with Crippen molar-refractivity contribution in [3.05, 3.63) is 69.8 Å². The van der Waals surface area contributed by atoms with Gasteiger partial charge in [0.1, 0.15) is 16.9 Å². The fourth-order valence-electron chi connectivity index (χ4n) is 3.96. The van der Waals surface area contributed by atoms with Crippen LogP contribution in [-0.4, -0.2) is 0 Å². The molecular formula is C21H16O3. The molecule has 0 amide bonds. The predicted molar refractivity (Wildman–Crippen MR) is 94.5 cm³/mol. The normalized spacial score (nSPS) is 13.7. The maximum absolute atomic E-state index is 12.2. The second kappa shape index (κ2) is 4.84. The molecule has 0 radical (unpaired) electrons. The van der Waals surface area contributed by atoms with Crippen LogP contribution in [0.5, 0.6) is 0 Å². The Hall–Kier alpha value is -2.81. The molecule has 0 saturated carbocycles. The molecule has 0 N–H and O–H groups in total. The highest BCUT2D eigenvalue weighted by Crippen LogP contribution is 2.38. The number of benzene rings is 2. The number of fused-ring (bicyclic) bond motifs is 4. The lowest BCUT2D eigenvalue weighted by Crippen LogP contribution is -2.06. The number of hydrogen-bond acceptors (Lipinski definition) is 3. The molecule has 0 spiro atoms. The smallest absolute Gasteiger partial charge is 0.339 e. The Bertz CT molecular complexity index is 1150. The Balaban J connectivity index is 1.90. The summed E-state index contributed by atoms with van der Waals surface area (Å²) < 4.78 is 11.5. The van der Waals surface area contributed by atoms with Crippen molar-refractivity contribution in [3.8, 4) is 11.1 Å². The zero-order valence-electron chi connectivity index (χ0n) is 13.4. The lowest BCUT2D eigenvalue weighted by Gasteiger charge is -2.05. The molecule has 0 fully saturated rings. The summed E-state index contributed by atoms with van der Waals surface area (Å²) in [7, 11) is 0. The van der Waals surface area contributed by atoms with E-state index in [9.17, 15) is 4.79 Å². The van der Waals surface area contributed by atoms with E-state index in [0.29, 0.717) is 5.58 Å². The first-order valence-corrected chi connectivity index (χ1v) is 8.29. The van der Waals surface area contributed by atoms with Crippen molar-refractivity contribution >= 4 is 21.9 Å². The lowest BCUT2D eigenvalue weighted by molar-refractivity contribution is 0.549. The molecule has 0 saturated heterocycles. The third-order valence-corrected chi connectivity index (χ3v) is 5.02. The van der Waals surface area contributed by atoms with Crippen LogP contribution in [0.2, 0.25) is 0 Å². The molecule has 0 atom stereocenters. The van der Waals surface area contributed by atoms with E-state index in [1.54, 1.807) is 0 Å². The van der Waals surface area contributed by atoms with Gasteiger partial charge in [0.05, 0.1) is 0 Å². The van der Waals surface area contributed by atoms with E-state index >= 15 is 0 Å². The van der Waals surface area contributed by atoms with Gasteiger partial charge < -0.3 is 8.83 Å². The van der Waals surface area contributed by atoms with Gasteiger partial charge in [-0.2, -0.15) is 0 Å². The van der Waals surface area contributed by atoms with Crippen LogP contribution in [0, 0.1) is 6.92 Å². The Labute approximate surface area is 138 Å². The van der Waals surface area contributed by atoms with Crippen molar-refractivity contribution < 1.29 is 8.83 Å². The largest absolute Gasteiger partial charge is 0.461 e. The van der Waals surface area contributed by atoms with Crippen LogP contribution in [0.25, 0.3) is 33.1 Å². The number of rotatable bonds is 1. The van der Waals surface area contributed by atoms with Gasteiger partial charge in [0.25, 0.3) is 0 Å². The zero-order valence-corrected chi connectivity index (χ0v) is 13.4. The minimum Gasteiger partial charge on any atom is -0.461 e. The first-order chi connectivity index (χ1) is 11.7. The molecule has 0 bridgehead atoms. The van der Waals surface area contributed by atoms with E-state index in [-0.39, 0.29) is 5.63 Å². The fraction of sp³-hybridized carbons (Fsp3) is 0.190. The molecule has 3 heteroatoms. The van der Waals surface area contributed by atoms with Crippen molar-refractivity contribution in [2.45, 2.75) is 26.2 Å². The molecule has 5 rings (SSSR count). The Morgan fingerprint density at radius 2 is 1.62 bits per heavy atom. The van der Waals surface area contributed by atoms with Crippen molar-refractivity contribution in [1.82, 2.24) is 0 Å². The van der Waals surface area contributed by atoms with E-state index in [4.69, 9.17) is 8.83 Å². The van der Waals surface area contributed by atoms with Gasteiger partial charge in [-0.3, -0.25) is 0 Å². The van der Waals surface area contributed by atoms with Crippen LogP contribution in [0.3, 0.4) is 0 Å². The van der Waals surface area contributed by atoms with Gasteiger partial charge in [-0.1, -0.05) is 30.3 Å². The second-order valence-electron chi connectivity index (χ2n) is 6.44. The zero-order chi connectivity index (χ0) is 16.3. The molecule has 4 aromatic rings. The van der Waals surface area contributed by atoms with Crippen LogP contribution in [0.4, 0.5) is 0 Å². The van der Waals surface area contributed by atoms with Crippen LogP contribution in [0.1, 0.15) is 23.3 Å². The summed E-state index contributed by atoms with van der Waals surface area (Å²) in [5.41, 5.74) is 5.46. The van der Waals surface area contributed by atoms with Crippen LogP contribution >= 0.6 is 0 Å². The number of hydrogen-bond donors (Lipinski definition) is 0. The molecule has 2 heterocycles. The van der Waals surface area contributed by atoms with Crippen LogP contribution < -0.4 is 5.63 Å². The summed E-state index contributed by atoms with van der Waals surface area (Å²) in [5.74, 6) is 0.880. The predicted octanol–water partition coefficient (Wildman–Crippen LogP) is 5.00. The molecule has 0 aliphatic heterocycles. The van der Waals surface area contributed by atoms with Crippen LogP contribution in [-0.2, 0) is 12.8 Å². The third kappa shape index (κ3) is 1.81. The van der Waals surface area contributed by atoms with Gasteiger partial charge in [-0.05, 0) is 43.4 Å². The van der Waals surface area contributed by atoms with E-state index in [0.717, 1.165) is 63.6 Å². The van der Waals surface area contributed by atoms with E-state index in [2.05, 4.69) is 18.2 Å². The monoisotopic (exact) mass is 316 g/mol. The van der Waals surface area contributed by atoms with Crippen molar-refractivity contribution in [3.63, 3.8) is 0 Å². The standard InChI is InChI=1S/C21H16O3/c1-12-20(13-6-3-2-4-7-13)17-10-16-14-8-5-9-15(14)21(22)24-18(16)11-19(17)23-12/h2-4,6-7,10-11H,5,8-9H2,1H3. The van der Waals surface area contributed by atoms with Gasteiger partial charge in [-0.15, -0.1) is 0 Å². The molecule has 1 aliphatic rings. The molecule has 0 unspecified atom stereocenters. The average Bonchev–Trinajstić information content (AvgIpc) is 3.18. The molecule has 24 heavy (non-hydrogen) atoms. The minimum absolute atomic E-state index is 0.194. The van der Waals surface area contributed by atoms with Gasteiger partial charge in [0.2, 0.25) is 0 Å². The minimum atomic E-state index is -0.194. The average molecular weight is 316 g/mol. The van der Waals surface area contributed by atoms with Crippen molar-refractivity contribution in [2.24, 2.45) is 0 Å². The Morgan fingerprint density at radius 3 is 2.46 bits per heavy atom. The topological polar surface area (TPSA) is 43.4 Å². The first-order valence-electron chi connectivity index (χ1n) is 8.29. The highest BCUT2D eigenvalue weighted by molar-refractivity contribution is 6.03. The molecule has 2 aromatic heterocycles.